The van der Waals surface area contributed by atoms with Gasteiger partial charge in [-0.2, -0.15) is 16.4 Å². The van der Waals surface area contributed by atoms with Crippen LogP contribution in [0.1, 0.15) is 43.1 Å². The zero-order valence-corrected chi connectivity index (χ0v) is 19.0. The van der Waals surface area contributed by atoms with Crippen LogP contribution in [0.15, 0.2) is 65.7 Å². The number of hydrogen-bond acceptors (Lipinski definition) is 5. The molecule has 0 saturated carbocycles. The van der Waals surface area contributed by atoms with Crippen LogP contribution >= 0.6 is 11.3 Å². The molecule has 2 amide bonds. The number of amides is 2. The van der Waals surface area contributed by atoms with Gasteiger partial charge in [0.15, 0.2) is 0 Å². The molecule has 0 atom stereocenters. The minimum Gasteiger partial charge on any atom is -0.348 e. The van der Waals surface area contributed by atoms with Gasteiger partial charge >= 0.3 is 0 Å². The van der Waals surface area contributed by atoms with Crippen LogP contribution in [0.2, 0.25) is 0 Å². The Kier molecular flexibility index (Phi) is 5.75. The molecule has 1 aliphatic rings. The van der Waals surface area contributed by atoms with E-state index in [1.54, 1.807) is 10.9 Å². The largest absolute Gasteiger partial charge is 0.348 e. The summed E-state index contributed by atoms with van der Waals surface area (Å²) in [5.74, 6) is -0.0968. The first-order valence-electron chi connectivity index (χ1n) is 10.8. The van der Waals surface area contributed by atoms with Crippen LogP contribution in [0.25, 0.3) is 5.69 Å². The number of rotatable bonds is 5. The summed E-state index contributed by atoms with van der Waals surface area (Å²) in [4.78, 5) is 32.0. The van der Waals surface area contributed by atoms with E-state index in [1.165, 1.54) is 16.9 Å². The maximum Gasteiger partial charge on any atom is 0.254 e. The second kappa shape index (κ2) is 8.99. The third-order valence-electron chi connectivity index (χ3n) is 5.95. The van der Waals surface area contributed by atoms with Crippen molar-refractivity contribution >= 4 is 23.2 Å². The van der Waals surface area contributed by atoms with E-state index in [9.17, 15) is 9.59 Å². The number of carbonyl (C=O) groups is 2. The van der Waals surface area contributed by atoms with Crippen LogP contribution in [0.4, 0.5) is 0 Å². The summed E-state index contributed by atoms with van der Waals surface area (Å²) in [6.07, 6.45) is 6.15. The predicted molar refractivity (Wildman–Crippen MR) is 126 cm³/mol. The topological polar surface area (TPSA) is 80.1 Å². The molecule has 1 aromatic carbocycles. The average Bonchev–Trinajstić information content (AvgIpc) is 3.57. The lowest BCUT2D eigenvalue weighted by atomic mass is 9.94. The molecule has 166 valence electrons. The van der Waals surface area contributed by atoms with E-state index < -0.39 is 0 Å². The van der Waals surface area contributed by atoms with Gasteiger partial charge < -0.3 is 10.2 Å². The summed E-state index contributed by atoms with van der Waals surface area (Å²) in [7, 11) is 0. The van der Waals surface area contributed by atoms with Crippen molar-refractivity contribution in [3.63, 3.8) is 0 Å². The van der Waals surface area contributed by atoms with Crippen molar-refractivity contribution in [2.45, 2.75) is 26.4 Å². The van der Waals surface area contributed by atoms with E-state index in [1.807, 2.05) is 71.4 Å². The van der Waals surface area contributed by atoms with E-state index in [0.29, 0.717) is 30.8 Å². The van der Waals surface area contributed by atoms with Crippen molar-refractivity contribution in [3.8, 4) is 5.69 Å². The maximum atomic E-state index is 13.2. The number of nitrogens with zero attached hydrogens (tertiary/aromatic N) is 4. The fraction of sp³-hybridized carbons (Fsp3) is 0.200. The summed E-state index contributed by atoms with van der Waals surface area (Å²) in [5, 5.41) is 11.0. The lowest BCUT2D eigenvalue weighted by molar-refractivity contribution is 0.0734. The highest BCUT2D eigenvalue weighted by molar-refractivity contribution is 7.08. The number of fused-ring (bicyclic) bond motifs is 1. The van der Waals surface area contributed by atoms with Crippen LogP contribution in [-0.2, 0) is 19.5 Å². The average molecular weight is 458 g/mol. The molecule has 4 aromatic rings. The van der Waals surface area contributed by atoms with E-state index in [2.05, 4.69) is 15.4 Å². The van der Waals surface area contributed by atoms with Gasteiger partial charge in [0.05, 0.1) is 5.69 Å². The summed E-state index contributed by atoms with van der Waals surface area (Å²) in [5.41, 5.74) is 6.32. The number of aromatic nitrogens is 3. The molecule has 1 N–H and O–H groups in total. The Morgan fingerprint density at radius 3 is 2.88 bits per heavy atom. The normalized spacial score (nSPS) is 12.9. The molecular weight excluding hydrogens is 434 g/mol. The highest BCUT2D eigenvalue weighted by Crippen LogP contribution is 2.25. The number of benzene rings is 1. The zero-order valence-electron chi connectivity index (χ0n) is 18.2. The molecule has 4 heterocycles. The monoisotopic (exact) mass is 457 g/mol. The summed E-state index contributed by atoms with van der Waals surface area (Å²) in [6, 6.07) is 11.2. The fourth-order valence-corrected chi connectivity index (χ4v) is 4.82. The van der Waals surface area contributed by atoms with Crippen LogP contribution < -0.4 is 5.32 Å². The lowest BCUT2D eigenvalue weighted by Gasteiger charge is -2.30. The molecule has 0 aliphatic carbocycles. The van der Waals surface area contributed by atoms with Crippen molar-refractivity contribution in [1.29, 1.82) is 0 Å². The number of thiophene rings is 1. The first-order valence-corrected chi connectivity index (χ1v) is 11.7. The minimum absolute atomic E-state index is 0.0115. The second-order valence-corrected chi connectivity index (χ2v) is 8.78. The molecule has 7 nitrogen and oxygen atoms in total. The second-order valence-electron chi connectivity index (χ2n) is 8.00. The third kappa shape index (κ3) is 4.29. The van der Waals surface area contributed by atoms with E-state index in [4.69, 9.17) is 0 Å². The highest BCUT2D eigenvalue weighted by atomic mass is 32.1. The molecule has 3 aromatic heterocycles. The summed E-state index contributed by atoms with van der Waals surface area (Å²) in [6.45, 7) is 3.51. The van der Waals surface area contributed by atoms with E-state index in [-0.39, 0.29) is 11.8 Å². The molecule has 0 fully saturated rings. The first-order chi connectivity index (χ1) is 16.1. The van der Waals surface area contributed by atoms with Crippen molar-refractivity contribution in [1.82, 2.24) is 25.0 Å². The van der Waals surface area contributed by atoms with Gasteiger partial charge in [0.1, 0.15) is 0 Å². The Morgan fingerprint density at radius 2 is 2.09 bits per heavy atom. The van der Waals surface area contributed by atoms with Crippen LogP contribution in [0.3, 0.4) is 0 Å². The SMILES string of the molecule is Cc1ncc2c(c1CNC(=O)c1ccsc1)CCN(C(=O)c1cccc(-n3cccn3)c1)C2. The number of aryl methyl sites for hydroxylation is 1. The van der Waals surface area contributed by atoms with Gasteiger partial charge in [-0.25, -0.2) is 4.68 Å². The van der Waals surface area contributed by atoms with Gasteiger partial charge in [-0.15, -0.1) is 0 Å². The minimum atomic E-state index is -0.0852. The molecule has 0 spiro atoms. The summed E-state index contributed by atoms with van der Waals surface area (Å²) < 4.78 is 1.74. The van der Waals surface area contributed by atoms with Crippen LogP contribution in [0.5, 0.6) is 0 Å². The first kappa shape index (κ1) is 21.1. The fourth-order valence-electron chi connectivity index (χ4n) is 4.18. The smallest absolute Gasteiger partial charge is 0.254 e. The highest BCUT2D eigenvalue weighted by Gasteiger charge is 2.25. The van der Waals surface area contributed by atoms with Gasteiger partial charge in [0.25, 0.3) is 11.8 Å². The van der Waals surface area contributed by atoms with Crippen molar-refractivity contribution in [2.75, 3.05) is 6.54 Å². The molecular formula is C25H23N5O2S. The van der Waals surface area contributed by atoms with Crippen molar-refractivity contribution < 1.29 is 9.59 Å². The van der Waals surface area contributed by atoms with E-state index >= 15 is 0 Å². The Labute approximate surface area is 195 Å². The quantitative estimate of drug-likeness (QED) is 0.495. The molecule has 0 radical (unpaired) electrons. The zero-order chi connectivity index (χ0) is 22.8. The van der Waals surface area contributed by atoms with Gasteiger partial charge in [-0.05, 0) is 65.7 Å². The Morgan fingerprint density at radius 1 is 1.18 bits per heavy atom. The van der Waals surface area contributed by atoms with Crippen molar-refractivity contribution in [3.05, 3.63) is 99.3 Å². The van der Waals surface area contributed by atoms with Crippen LogP contribution in [-0.4, -0.2) is 38.0 Å². The Bertz CT molecular complexity index is 1300. The summed E-state index contributed by atoms with van der Waals surface area (Å²) >= 11 is 1.50. The molecule has 33 heavy (non-hydrogen) atoms. The van der Waals surface area contributed by atoms with Gasteiger partial charge in [-0.1, -0.05) is 6.07 Å². The number of pyridine rings is 1. The number of carbonyl (C=O) groups excluding carboxylic acids is 2. The predicted octanol–water partition coefficient (Wildman–Crippen LogP) is 3.77. The Hall–Kier alpha value is -3.78. The van der Waals surface area contributed by atoms with Crippen LogP contribution in [0, 0.1) is 6.92 Å². The van der Waals surface area contributed by atoms with E-state index in [0.717, 1.165) is 28.9 Å². The molecule has 0 saturated heterocycles. The molecule has 0 unspecified atom stereocenters. The number of nitrogens with one attached hydrogen (secondary N) is 1. The maximum absolute atomic E-state index is 13.2. The third-order valence-corrected chi connectivity index (χ3v) is 6.64. The van der Waals surface area contributed by atoms with Crippen molar-refractivity contribution in [2.24, 2.45) is 0 Å². The van der Waals surface area contributed by atoms with Gasteiger partial charge in [-0.3, -0.25) is 14.6 Å². The lowest BCUT2D eigenvalue weighted by Crippen LogP contribution is -2.37. The molecule has 8 heteroatoms. The molecule has 5 rings (SSSR count). The molecule has 1 aliphatic heterocycles. The Balaban J connectivity index is 1.33. The standard InChI is InChI=1S/C25H23N5O2S/c1-17-23(14-27-24(31)19-7-11-33-16-19)22-6-10-29(15-20(22)13-26-17)25(32)18-4-2-5-21(12-18)30-9-3-8-28-30/h2-5,7-9,11-13,16H,6,10,14-15H2,1H3,(H,27,31). The van der Waals surface area contributed by atoms with Gasteiger partial charge in [0, 0.05) is 60.4 Å². The van der Waals surface area contributed by atoms with Gasteiger partial charge in [0.2, 0.25) is 0 Å². The molecule has 0 bridgehead atoms. The number of hydrogen-bond donors (Lipinski definition) is 1.